The van der Waals surface area contributed by atoms with Crippen LogP contribution >= 0.6 is 12.6 Å². The average molecular weight is 217 g/mol. The Hall–Kier alpha value is 0.270. The monoisotopic (exact) mass is 217 g/mol. The molecule has 0 amide bonds. The molecular formula is C11H23NOS. The number of thiol groups is 1. The maximum Gasteiger partial charge on any atom is 0.0707 e. The molecule has 3 heteroatoms. The molecule has 1 unspecified atom stereocenters. The maximum atomic E-state index is 5.76. The highest BCUT2D eigenvalue weighted by Gasteiger charge is 2.26. The summed E-state index contributed by atoms with van der Waals surface area (Å²) in [6.07, 6.45) is 2.74. The van der Waals surface area contributed by atoms with Crippen molar-refractivity contribution in [2.45, 2.75) is 32.8 Å². The number of rotatable bonds is 4. The van der Waals surface area contributed by atoms with E-state index in [0.717, 1.165) is 31.9 Å². The van der Waals surface area contributed by atoms with Gasteiger partial charge in [0.1, 0.15) is 0 Å². The molecule has 1 rings (SSSR count). The molecule has 0 aromatic carbocycles. The van der Waals surface area contributed by atoms with Crippen LogP contribution < -0.4 is 0 Å². The molecular weight excluding hydrogens is 194 g/mol. The smallest absolute Gasteiger partial charge is 0.0707 e. The molecule has 0 aliphatic carbocycles. The third-order valence-corrected chi connectivity index (χ3v) is 3.13. The lowest BCUT2D eigenvalue weighted by Gasteiger charge is -2.35. The predicted molar refractivity (Wildman–Crippen MR) is 64.1 cm³/mol. The van der Waals surface area contributed by atoms with E-state index in [9.17, 15) is 0 Å². The van der Waals surface area contributed by atoms with Crippen LogP contribution in [-0.2, 0) is 4.74 Å². The Balaban J connectivity index is 2.34. The van der Waals surface area contributed by atoms with Gasteiger partial charge in [-0.05, 0) is 31.1 Å². The number of hydrogen-bond acceptors (Lipinski definition) is 3. The molecule has 2 nitrogen and oxygen atoms in total. The normalized spacial score (nSPS) is 25.3. The van der Waals surface area contributed by atoms with Gasteiger partial charge in [-0.15, -0.1) is 0 Å². The van der Waals surface area contributed by atoms with Crippen molar-refractivity contribution in [3.05, 3.63) is 0 Å². The molecule has 0 N–H and O–H groups in total. The zero-order valence-corrected chi connectivity index (χ0v) is 10.5. The number of hydrogen-bond donors (Lipinski definition) is 1. The Bertz CT molecular complexity index is 173. The summed E-state index contributed by atoms with van der Waals surface area (Å²) < 4.78 is 5.76. The van der Waals surface area contributed by atoms with Crippen molar-refractivity contribution in [2.75, 3.05) is 32.5 Å². The van der Waals surface area contributed by atoms with Gasteiger partial charge in [0, 0.05) is 13.1 Å². The van der Waals surface area contributed by atoms with E-state index in [-0.39, 0.29) is 0 Å². The summed E-state index contributed by atoms with van der Waals surface area (Å²) in [5.41, 5.74) is 0.366. The van der Waals surface area contributed by atoms with E-state index in [0.29, 0.717) is 11.5 Å². The van der Waals surface area contributed by atoms with E-state index in [2.05, 4.69) is 38.4 Å². The first-order valence-electron chi connectivity index (χ1n) is 5.44. The van der Waals surface area contributed by atoms with Crippen molar-refractivity contribution in [2.24, 2.45) is 5.41 Å². The lowest BCUT2D eigenvalue weighted by Crippen LogP contribution is -2.41. The largest absolute Gasteiger partial charge is 0.376 e. The fourth-order valence-electron chi connectivity index (χ4n) is 2.01. The van der Waals surface area contributed by atoms with Gasteiger partial charge in [-0.1, -0.05) is 13.8 Å². The van der Waals surface area contributed by atoms with Gasteiger partial charge >= 0.3 is 0 Å². The summed E-state index contributed by atoms with van der Waals surface area (Å²) in [4.78, 5) is 2.35. The van der Waals surface area contributed by atoms with Crippen molar-refractivity contribution in [3.8, 4) is 0 Å². The highest BCUT2D eigenvalue weighted by Crippen LogP contribution is 2.29. The molecule has 1 aliphatic rings. The average Bonchev–Trinajstić information content (AvgIpc) is 2.02. The fraction of sp³-hybridized carbons (Fsp3) is 1.00. The van der Waals surface area contributed by atoms with E-state index in [4.69, 9.17) is 4.74 Å². The molecule has 1 heterocycles. The van der Waals surface area contributed by atoms with Crippen LogP contribution in [0.15, 0.2) is 0 Å². The second-order valence-electron chi connectivity index (χ2n) is 5.10. The van der Waals surface area contributed by atoms with Gasteiger partial charge in [0.25, 0.3) is 0 Å². The van der Waals surface area contributed by atoms with E-state index < -0.39 is 0 Å². The topological polar surface area (TPSA) is 12.5 Å². The van der Waals surface area contributed by atoms with E-state index >= 15 is 0 Å². The lowest BCUT2D eigenvalue weighted by atomic mass is 9.83. The Labute approximate surface area is 93.4 Å². The van der Waals surface area contributed by atoms with Crippen molar-refractivity contribution in [3.63, 3.8) is 0 Å². The highest BCUT2D eigenvalue weighted by atomic mass is 32.1. The van der Waals surface area contributed by atoms with Crippen molar-refractivity contribution >= 4 is 12.6 Å². The van der Waals surface area contributed by atoms with Crippen molar-refractivity contribution in [1.29, 1.82) is 0 Å². The van der Waals surface area contributed by atoms with Gasteiger partial charge in [-0.25, -0.2) is 0 Å². The van der Waals surface area contributed by atoms with Gasteiger partial charge in [-0.3, -0.25) is 0 Å². The maximum absolute atomic E-state index is 5.76. The molecule has 1 atom stereocenters. The minimum Gasteiger partial charge on any atom is -0.376 e. The van der Waals surface area contributed by atoms with Crippen molar-refractivity contribution < 1.29 is 4.74 Å². The van der Waals surface area contributed by atoms with Crippen LogP contribution in [0, 0.1) is 5.41 Å². The van der Waals surface area contributed by atoms with E-state index in [1.54, 1.807) is 0 Å². The summed E-state index contributed by atoms with van der Waals surface area (Å²) >= 11 is 4.30. The highest BCUT2D eigenvalue weighted by molar-refractivity contribution is 7.80. The van der Waals surface area contributed by atoms with Crippen LogP contribution in [-0.4, -0.2) is 43.5 Å². The minimum absolute atomic E-state index is 0.366. The van der Waals surface area contributed by atoms with Gasteiger partial charge in [0.2, 0.25) is 0 Å². The molecule has 0 spiro atoms. The summed E-state index contributed by atoms with van der Waals surface area (Å²) in [6, 6.07) is 0. The molecule has 1 fully saturated rings. The Morgan fingerprint density at radius 3 is 2.79 bits per heavy atom. The van der Waals surface area contributed by atoms with Crippen LogP contribution in [0.3, 0.4) is 0 Å². The molecule has 1 saturated heterocycles. The summed E-state index contributed by atoms with van der Waals surface area (Å²) in [7, 11) is 2.17. The van der Waals surface area contributed by atoms with E-state index in [1.807, 2.05) is 0 Å². The van der Waals surface area contributed by atoms with E-state index in [1.165, 1.54) is 6.42 Å². The predicted octanol–water partition coefficient (Wildman–Crippen LogP) is 2.05. The fourth-order valence-corrected chi connectivity index (χ4v) is 2.62. The third-order valence-electron chi connectivity index (χ3n) is 2.91. The minimum atomic E-state index is 0.366. The standard InChI is InChI=1S/C11H23NOS/c1-11(2,4-7-14)8-10-9-12(3)5-6-13-10/h10,14H,4-9H2,1-3H3. The molecule has 14 heavy (non-hydrogen) atoms. The van der Waals surface area contributed by atoms with Crippen LogP contribution in [0.4, 0.5) is 0 Å². The summed E-state index contributed by atoms with van der Waals surface area (Å²) in [6.45, 7) is 7.65. The first-order valence-corrected chi connectivity index (χ1v) is 6.08. The van der Waals surface area contributed by atoms with Gasteiger partial charge in [-0.2, -0.15) is 12.6 Å². The first kappa shape index (κ1) is 12.3. The lowest BCUT2D eigenvalue weighted by molar-refractivity contribution is -0.0399. The number of nitrogens with zero attached hydrogens (tertiary/aromatic N) is 1. The molecule has 84 valence electrons. The molecule has 0 aromatic heterocycles. The Morgan fingerprint density at radius 1 is 1.50 bits per heavy atom. The molecule has 0 radical (unpaired) electrons. The second kappa shape index (κ2) is 5.38. The first-order chi connectivity index (χ1) is 6.53. The summed E-state index contributed by atoms with van der Waals surface area (Å²) in [5.74, 6) is 0.968. The number of likely N-dealkylation sites (N-methyl/N-ethyl adjacent to an activating group) is 1. The Morgan fingerprint density at radius 2 is 2.21 bits per heavy atom. The molecule has 0 saturated carbocycles. The SMILES string of the molecule is CN1CCOC(CC(C)(C)CCS)C1. The second-order valence-corrected chi connectivity index (χ2v) is 5.54. The molecule has 0 aromatic rings. The number of morpholine rings is 1. The zero-order chi connectivity index (χ0) is 10.6. The quantitative estimate of drug-likeness (QED) is 0.724. The van der Waals surface area contributed by atoms with Crippen LogP contribution in [0.25, 0.3) is 0 Å². The van der Waals surface area contributed by atoms with Gasteiger partial charge in [0.15, 0.2) is 0 Å². The Kier molecular flexibility index (Phi) is 4.74. The van der Waals surface area contributed by atoms with Crippen molar-refractivity contribution in [1.82, 2.24) is 4.90 Å². The van der Waals surface area contributed by atoms with Crippen LogP contribution in [0.1, 0.15) is 26.7 Å². The molecule has 0 bridgehead atoms. The molecule has 1 aliphatic heterocycles. The zero-order valence-electron chi connectivity index (χ0n) is 9.62. The van der Waals surface area contributed by atoms with Crippen LogP contribution in [0.2, 0.25) is 0 Å². The third kappa shape index (κ3) is 4.20. The van der Waals surface area contributed by atoms with Gasteiger partial charge < -0.3 is 9.64 Å². The van der Waals surface area contributed by atoms with Gasteiger partial charge in [0.05, 0.1) is 12.7 Å². The number of ether oxygens (including phenoxy) is 1. The summed E-state index contributed by atoms with van der Waals surface area (Å²) in [5, 5.41) is 0. The van der Waals surface area contributed by atoms with Crippen LogP contribution in [0.5, 0.6) is 0 Å².